The van der Waals surface area contributed by atoms with E-state index >= 15 is 0 Å². The summed E-state index contributed by atoms with van der Waals surface area (Å²) in [5.41, 5.74) is 1.89. The molecule has 6 heteroatoms. The van der Waals surface area contributed by atoms with Crippen LogP contribution in [0.3, 0.4) is 0 Å². The van der Waals surface area contributed by atoms with E-state index in [1.165, 1.54) is 5.56 Å². The van der Waals surface area contributed by atoms with Gasteiger partial charge in [0.15, 0.2) is 0 Å². The minimum atomic E-state index is 0.0471. The van der Waals surface area contributed by atoms with Crippen molar-refractivity contribution in [2.45, 2.75) is 19.8 Å². The van der Waals surface area contributed by atoms with Crippen molar-refractivity contribution in [3.8, 4) is 0 Å². The molecule has 1 saturated heterocycles. The molecule has 6 nitrogen and oxygen atoms in total. The maximum Gasteiger partial charge on any atom is 0.256 e. The van der Waals surface area contributed by atoms with Crippen molar-refractivity contribution in [3.63, 3.8) is 0 Å². The third-order valence-corrected chi connectivity index (χ3v) is 4.67. The number of piperidine rings is 1. The molecule has 0 aliphatic carbocycles. The SMILES string of the molecule is Cc1ccnc(N2CCC(CN(C)C(=O)c3cnn(C)c3)CC2)c1. The highest BCUT2D eigenvalue weighted by molar-refractivity contribution is 5.93. The zero-order valence-corrected chi connectivity index (χ0v) is 14.6. The Morgan fingerprint density at radius 2 is 2.12 bits per heavy atom. The summed E-state index contributed by atoms with van der Waals surface area (Å²) in [7, 11) is 3.70. The van der Waals surface area contributed by atoms with E-state index in [0.29, 0.717) is 11.5 Å². The first kappa shape index (κ1) is 16.5. The maximum absolute atomic E-state index is 12.4. The molecule has 1 aliphatic rings. The standard InChI is InChI=1S/C18H25N5O/c1-14-4-7-19-17(10-14)23-8-5-15(6-9-23)12-21(2)18(24)16-11-20-22(3)13-16/h4,7,10-11,13,15H,5-6,8-9,12H2,1-3H3. The predicted molar refractivity (Wildman–Crippen MR) is 94.1 cm³/mol. The second kappa shape index (κ2) is 7.03. The summed E-state index contributed by atoms with van der Waals surface area (Å²) in [4.78, 5) is 21.0. The molecule has 0 spiro atoms. The summed E-state index contributed by atoms with van der Waals surface area (Å²) in [6.07, 6.45) is 7.44. The van der Waals surface area contributed by atoms with Crippen molar-refractivity contribution < 1.29 is 4.79 Å². The van der Waals surface area contributed by atoms with E-state index in [4.69, 9.17) is 0 Å². The summed E-state index contributed by atoms with van der Waals surface area (Å²) < 4.78 is 1.66. The molecule has 128 valence electrons. The van der Waals surface area contributed by atoms with Crippen LogP contribution in [0.4, 0.5) is 5.82 Å². The van der Waals surface area contributed by atoms with Crippen LogP contribution < -0.4 is 4.90 Å². The maximum atomic E-state index is 12.4. The topological polar surface area (TPSA) is 54.3 Å². The zero-order valence-electron chi connectivity index (χ0n) is 14.6. The molecule has 1 fully saturated rings. The molecular formula is C18H25N5O. The van der Waals surface area contributed by atoms with Crippen molar-refractivity contribution in [2.24, 2.45) is 13.0 Å². The molecule has 1 amide bonds. The predicted octanol–water partition coefficient (Wildman–Crippen LogP) is 2.11. The van der Waals surface area contributed by atoms with Crippen molar-refractivity contribution >= 4 is 11.7 Å². The Bertz CT molecular complexity index is 703. The fourth-order valence-electron chi connectivity index (χ4n) is 3.26. The van der Waals surface area contributed by atoms with E-state index < -0.39 is 0 Å². The number of rotatable bonds is 4. The molecule has 3 rings (SSSR count). The van der Waals surface area contributed by atoms with Gasteiger partial charge < -0.3 is 9.80 Å². The van der Waals surface area contributed by atoms with E-state index in [1.54, 1.807) is 17.1 Å². The molecule has 24 heavy (non-hydrogen) atoms. The van der Waals surface area contributed by atoms with Gasteiger partial charge in [0.25, 0.3) is 5.91 Å². The molecular weight excluding hydrogens is 302 g/mol. The van der Waals surface area contributed by atoms with Gasteiger partial charge in [-0.2, -0.15) is 5.10 Å². The van der Waals surface area contributed by atoms with Crippen LogP contribution in [0.25, 0.3) is 0 Å². The Kier molecular flexibility index (Phi) is 4.83. The highest BCUT2D eigenvalue weighted by atomic mass is 16.2. The van der Waals surface area contributed by atoms with Gasteiger partial charge in [-0.1, -0.05) is 0 Å². The van der Waals surface area contributed by atoms with Crippen LogP contribution in [0.15, 0.2) is 30.7 Å². The summed E-state index contributed by atoms with van der Waals surface area (Å²) in [6, 6.07) is 4.16. The van der Waals surface area contributed by atoms with Crippen LogP contribution in [0.1, 0.15) is 28.8 Å². The number of amides is 1. The summed E-state index contributed by atoms with van der Waals surface area (Å²) in [5.74, 6) is 1.65. The zero-order chi connectivity index (χ0) is 17.1. The fraction of sp³-hybridized carbons (Fsp3) is 0.500. The average molecular weight is 327 g/mol. The van der Waals surface area contributed by atoms with Crippen LogP contribution in [0.2, 0.25) is 0 Å². The lowest BCUT2D eigenvalue weighted by Crippen LogP contribution is -2.39. The summed E-state index contributed by atoms with van der Waals surface area (Å²) in [5, 5.41) is 4.07. The Balaban J connectivity index is 1.52. The van der Waals surface area contributed by atoms with Gasteiger partial charge >= 0.3 is 0 Å². The fourth-order valence-corrected chi connectivity index (χ4v) is 3.26. The van der Waals surface area contributed by atoms with Gasteiger partial charge in [-0.15, -0.1) is 0 Å². The second-order valence-corrected chi connectivity index (χ2v) is 6.71. The van der Waals surface area contributed by atoms with E-state index in [1.807, 2.05) is 31.3 Å². The Labute approximate surface area is 143 Å². The number of nitrogens with zero attached hydrogens (tertiary/aromatic N) is 5. The Morgan fingerprint density at radius 1 is 1.38 bits per heavy atom. The molecule has 0 N–H and O–H groups in total. The van der Waals surface area contributed by atoms with Crippen molar-refractivity contribution in [1.82, 2.24) is 19.7 Å². The summed E-state index contributed by atoms with van der Waals surface area (Å²) >= 11 is 0. The minimum absolute atomic E-state index is 0.0471. The van der Waals surface area contributed by atoms with Crippen molar-refractivity contribution in [2.75, 3.05) is 31.6 Å². The third-order valence-electron chi connectivity index (χ3n) is 4.67. The van der Waals surface area contributed by atoms with Gasteiger partial charge in [-0.05, 0) is 43.4 Å². The molecule has 0 atom stereocenters. The molecule has 0 radical (unpaired) electrons. The van der Waals surface area contributed by atoms with Gasteiger partial charge in [0, 0.05) is 46.1 Å². The molecule has 0 aromatic carbocycles. The van der Waals surface area contributed by atoms with Gasteiger partial charge in [0.1, 0.15) is 5.82 Å². The van der Waals surface area contributed by atoms with Gasteiger partial charge in [0.05, 0.1) is 11.8 Å². The largest absolute Gasteiger partial charge is 0.357 e. The molecule has 2 aromatic rings. The van der Waals surface area contributed by atoms with Crippen LogP contribution in [0, 0.1) is 12.8 Å². The Hall–Kier alpha value is -2.37. The highest BCUT2D eigenvalue weighted by Crippen LogP contribution is 2.23. The first-order valence-electron chi connectivity index (χ1n) is 8.44. The van der Waals surface area contributed by atoms with Crippen molar-refractivity contribution in [1.29, 1.82) is 0 Å². The lowest BCUT2D eigenvalue weighted by atomic mass is 9.96. The molecule has 0 saturated carbocycles. The third kappa shape index (κ3) is 3.75. The molecule has 2 aromatic heterocycles. The summed E-state index contributed by atoms with van der Waals surface area (Å²) in [6.45, 7) is 4.88. The quantitative estimate of drug-likeness (QED) is 0.863. The first-order chi connectivity index (χ1) is 11.5. The van der Waals surface area contributed by atoms with E-state index in [2.05, 4.69) is 28.0 Å². The molecule has 0 unspecified atom stereocenters. The number of carbonyl (C=O) groups is 1. The number of hydrogen-bond acceptors (Lipinski definition) is 4. The number of carbonyl (C=O) groups excluding carboxylic acids is 1. The Morgan fingerprint density at radius 3 is 2.75 bits per heavy atom. The highest BCUT2D eigenvalue weighted by Gasteiger charge is 2.23. The van der Waals surface area contributed by atoms with Gasteiger partial charge in [-0.3, -0.25) is 9.48 Å². The van der Waals surface area contributed by atoms with Crippen LogP contribution in [-0.2, 0) is 7.05 Å². The van der Waals surface area contributed by atoms with E-state index in [0.717, 1.165) is 38.3 Å². The van der Waals surface area contributed by atoms with E-state index in [-0.39, 0.29) is 5.91 Å². The van der Waals surface area contributed by atoms with E-state index in [9.17, 15) is 4.79 Å². The normalized spacial score (nSPS) is 15.5. The number of aryl methyl sites for hydroxylation is 2. The molecule has 3 heterocycles. The monoisotopic (exact) mass is 327 g/mol. The van der Waals surface area contributed by atoms with Gasteiger partial charge in [0.2, 0.25) is 0 Å². The number of anilines is 1. The molecule has 1 aliphatic heterocycles. The molecule has 0 bridgehead atoms. The number of pyridine rings is 1. The lowest BCUT2D eigenvalue weighted by molar-refractivity contribution is 0.0765. The van der Waals surface area contributed by atoms with Crippen molar-refractivity contribution in [3.05, 3.63) is 41.9 Å². The minimum Gasteiger partial charge on any atom is -0.357 e. The number of hydrogen-bond donors (Lipinski definition) is 0. The van der Waals surface area contributed by atoms with Gasteiger partial charge in [-0.25, -0.2) is 4.98 Å². The van der Waals surface area contributed by atoms with Crippen LogP contribution in [-0.4, -0.2) is 52.3 Å². The van der Waals surface area contributed by atoms with Crippen LogP contribution >= 0.6 is 0 Å². The number of aromatic nitrogens is 3. The lowest BCUT2D eigenvalue weighted by Gasteiger charge is -2.34. The first-order valence-corrected chi connectivity index (χ1v) is 8.44. The van der Waals surface area contributed by atoms with Crippen LogP contribution in [0.5, 0.6) is 0 Å². The second-order valence-electron chi connectivity index (χ2n) is 6.71. The smallest absolute Gasteiger partial charge is 0.256 e. The average Bonchev–Trinajstić information content (AvgIpc) is 3.01.